The number of amides is 1. The third-order valence-electron chi connectivity index (χ3n) is 5.30. The molecular weight excluding hydrogens is 473 g/mol. The third-order valence-corrected chi connectivity index (χ3v) is 5.30. The van der Waals surface area contributed by atoms with Gasteiger partial charge in [-0.3, -0.25) is 14.8 Å². The van der Waals surface area contributed by atoms with E-state index in [0.29, 0.717) is 24.3 Å². The molecule has 8 nitrogen and oxygen atoms in total. The Morgan fingerprint density at radius 3 is 2.50 bits per heavy atom. The first-order chi connectivity index (χ1) is 17.3. The summed E-state index contributed by atoms with van der Waals surface area (Å²) in [4.78, 5) is 28.9. The number of halogens is 3. The van der Waals surface area contributed by atoms with Gasteiger partial charge >= 0.3 is 6.18 Å². The number of hydrogen-bond donors (Lipinski definition) is 2. The lowest BCUT2D eigenvalue weighted by Gasteiger charge is -2.09. The Kier molecular flexibility index (Phi) is 7.69. The van der Waals surface area contributed by atoms with Crippen LogP contribution in [0.5, 0.6) is 0 Å². The van der Waals surface area contributed by atoms with Crippen LogP contribution in [-0.2, 0) is 22.1 Å². The smallest absolute Gasteiger partial charge is 0.385 e. The number of allylic oxidation sites excluding steroid dienone is 1. The molecule has 1 atom stereocenters. The topological polar surface area (TPSA) is 101 Å². The zero-order valence-corrected chi connectivity index (χ0v) is 19.3. The van der Waals surface area contributed by atoms with Crippen LogP contribution in [-0.4, -0.2) is 46.8 Å². The maximum atomic E-state index is 12.8. The second kappa shape index (κ2) is 11.1. The van der Waals surface area contributed by atoms with Gasteiger partial charge < -0.3 is 15.4 Å². The number of nitrogens with one attached hydrogen (secondary N) is 2. The lowest BCUT2D eigenvalue weighted by molar-refractivity contribution is -0.137. The molecular formula is C25H23F3N6O2. The summed E-state index contributed by atoms with van der Waals surface area (Å²) in [5, 5.41) is 5.57. The molecule has 3 aromatic rings. The van der Waals surface area contributed by atoms with Crippen LogP contribution in [0.4, 0.5) is 24.8 Å². The van der Waals surface area contributed by atoms with Crippen molar-refractivity contribution >= 4 is 23.8 Å². The fourth-order valence-corrected chi connectivity index (χ4v) is 3.48. The van der Waals surface area contributed by atoms with E-state index >= 15 is 0 Å². The number of carbonyl (C=O) groups excluding carboxylic acids is 1. The van der Waals surface area contributed by atoms with Crippen molar-refractivity contribution in [3.8, 4) is 11.1 Å². The number of methoxy groups -OCH3 is 1. The van der Waals surface area contributed by atoms with E-state index in [2.05, 4.69) is 30.6 Å². The van der Waals surface area contributed by atoms with Gasteiger partial charge in [0.15, 0.2) is 0 Å². The molecule has 0 saturated carbocycles. The minimum atomic E-state index is -4.53. The fraction of sp³-hybridized carbons (Fsp3) is 0.240. The molecule has 3 heterocycles. The minimum absolute atomic E-state index is 0.00206. The first-order valence-corrected chi connectivity index (χ1v) is 11.0. The predicted molar refractivity (Wildman–Crippen MR) is 130 cm³/mol. The van der Waals surface area contributed by atoms with E-state index in [0.717, 1.165) is 29.3 Å². The summed E-state index contributed by atoms with van der Waals surface area (Å²) in [6, 6.07) is 8.12. The predicted octanol–water partition coefficient (Wildman–Crippen LogP) is 4.52. The van der Waals surface area contributed by atoms with Gasteiger partial charge in [0.25, 0.3) is 0 Å². The van der Waals surface area contributed by atoms with E-state index in [4.69, 9.17) is 4.74 Å². The van der Waals surface area contributed by atoms with Gasteiger partial charge in [0.2, 0.25) is 11.9 Å². The summed E-state index contributed by atoms with van der Waals surface area (Å²) in [6.07, 6.45) is 5.27. The number of carbonyl (C=O) groups is 1. The summed E-state index contributed by atoms with van der Waals surface area (Å²) in [5.41, 5.74) is 2.24. The number of alkyl halides is 3. The lowest BCUT2D eigenvalue weighted by Crippen LogP contribution is -2.15. The van der Waals surface area contributed by atoms with Crippen molar-refractivity contribution in [3.05, 3.63) is 78.0 Å². The van der Waals surface area contributed by atoms with E-state index < -0.39 is 17.6 Å². The van der Waals surface area contributed by atoms with Crippen LogP contribution in [0.2, 0.25) is 0 Å². The van der Waals surface area contributed by atoms with Crippen LogP contribution in [0.15, 0.2) is 71.9 Å². The quantitative estimate of drug-likeness (QED) is 0.452. The molecule has 2 aromatic heterocycles. The monoisotopic (exact) mass is 496 g/mol. The minimum Gasteiger partial charge on any atom is -0.385 e. The molecule has 0 bridgehead atoms. The molecule has 0 saturated heterocycles. The summed E-state index contributed by atoms with van der Waals surface area (Å²) >= 11 is 0. The first-order valence-electron chi connectivity index (χ1n) is 11.0. The van der Waals surface area contributed by atoms with Crippen molar-refractivity contribution in [1.82, 2.24) is 15.0 Å². The van der Waals surface area contributed by atoms with Gasteiger partial charge in [-0.1, -0.05) is 24.3 Å². The standard InChI is InChI=1S/C25H23F3N6O2/c1-36-7-6-20-10-22(15-30-20)34-24-31-11-18(12-32-24)17-4-2-16(3-5-17)8-23(35)33-21-9-19(13-29-14-21)25(26,27)28/h2-5,9-15,20H,6-8H2,1H3,(H,33,35)(H,31,32,34). The Labute approximate surface area is 205 Å². The Bertz CT molecular complexity index is 1260. The number of hydrogen-bond acceptors (Lipinski definition) is 7. The molecule has 1 unspecified atom stereocenters. The molecule has 1 aliphatic rings. The highest BCUT2D eigenvalue weighted by Crippen LogP contribution is 2.30. The van der Waals surface area contributed by atoms with Gasteiger partial charge in [-0.2, -0.15) is 13.2 Å². The molecule has 0 radical (unpaired) electrons. The van der Waals surface area contributed by atoms with Gasteiger partial charge in [0, 0.05) is 44.1 Å². The first kappa shape index (κ1) is 25.0. The number of rotatable bonds is 9. The van der Waals surface area contributed by atoms with Crippen molar-refractivity contribution < 1.29 is 22.7 Å². The van der Waals surface area contributed by atoms with Gasteiger partial charge in [-0.25, -0.2) is 9.97 Å². The third kappa shape index (κ3) is 6.72. The summed E-state index contributed by atoms with van der Waals surface area (Å²) < 4.78 is 43.5. The van der Waals surface area contributed by atoms with Crippen molar-refractivity contribution in [2.45, 2.75) is 25.1 Å². The van der Waals surface area contributed by atoms with E-state index in [1.54, 1.807) is 37.9 Å². The van der Waals surface area contributed by atoms with Crippen molar-refractivity contribution in [3.63, 3.8) is 0 Å². The summed E-state index contributed by atoms with van der Waals surface area (Å²) in [5.74, 6) is -0.00179. The number of ether oxygens (including phenoxy) is 1. The highest BCUT2D eigenvalue weighted by molar-refractivity contribution is 5.92. The van der Waals surface area contributed by atoms with E-state index in [1.165, 1.54) is 6.20 Å². The maximum Gasteiger partial charge on any atom is 0.417 e. The van der Waals surface area contributed by atoms with Crippen molar-refractivity contribution in [2.75, 3.05) is 24.4 Å². The SMILES string of the molecule is COCCC1C=C(Nc2ncc(-c3ccc(CC(=O)Nc4cncc(C(F)(F)F)c4)cc3)cn2)C=N1. The van der Waals surface area contributed by atoms with Crippen LogP contribution in [0.1, 0.15) is 17.5 Å². The number of pyridine rings is 1. The molecule has 2 N–H and O–H groups in total. The molecule has 1 amide bonds. The van der Waals surface area contributed by atoms with Crippen LogP contribution in [0.25, 0.3) is 11.1 Å². The van der Waals surface area contributed by atoms with Crippen LogP contribution in [0, 0.1) is 0 Å². The normalized spacial score (nSPS) is 15.0. The summed E-state index contributed by atoms with van der Waals surface area (Å²) in [7, 11) is 1.66. The number of nitrogens with zero attached hydrogens (tertiary/aromatic N) is 4. The highest BCUT2D eigenvalue weighted by Gasteiger charge is 2.31. The average Bonchev–Trinajstić information content (AvgIpc) is 3.30. The molecule has 4 rings (SSSR count). The number of aromatic nitrogens is 3. The molecule has 11 heteroatoms. The molecule has 0 spiro atoms. The van der Waals surface area contributed by atoms with Crippen molar-refractivity contribution in [1.29, 1.82) is 0 Å². The van der Waals surface area contributed by atoms with E-state index in [1.807, 2.05) is 18.2 Å². The van der Waals surface area contributed by atoms with Crippen LogP contribution < -0.4 is 10.6 Å². The van der Waals surface area contributed by atoms with Gasteiger partial charge in [0.05, 0.1) is 35.6 Å². The van der Waals surface area contributed by atoms with Gasteiger partial charge in [0.1, 0.15) is 0 Å². The fourth-order valence-electron chi connectivity index (χ4n) is 3.48. The highest BCUT2D eigenvalue weighted by atomic mass is 19.4. The second-order valence-corrected chi connectivity index (χ2v) is 8.05. The van der Waals surface area contributed by atoms with Crippen LogP contribution in [0.3, 0.4) is 0 Å². The van der Waals surface area contributed by atoms with Gasteiger partial charge in [-0.15, -0.1) is 0 Å². The van der Waals surface area contributed by atoms with Gasteiger partial charge in [-0.05, 0) is 29.7 Å². The van der Waals surface area contributed by atoms with Crippen LogP contribution >= 0.6 is 0 Å². The largest absolute Gasteiger partial charge is 0.417 e. The molecule has 36 heavy (non-hydrogen) atoms. The maximum absolute atomic E-state index is 12.8. The lowest BCUT2D eigenvalue weighted by atomic mass is 10.0. The zero-order chi connectivity index (χ0) is 25.5. The molecule has 186 valence electrons. The average molecular weight is 496 g/mol. The van der Waals surface area contributed by atoms with E-state index in [9.17, 15) is 18.0 Å². The Morgan fingerprint density at radius 1 is 1.06 bits per heavy atom. The number of benzene rings is 1. The Morgan fingerprint density at radius 2 is 1.81 bits per heavy atom. The summed E-state index contributed by atoms with van der Waals surface area (Å²) in [6.45, 7) is 0.633. The second-order valence-electron chi connectivity index (χ2n) is 8.05. The van der Waals surface area contributed by atoms with E-state index in [-0.39, 0.29) is 18.2 Å². The molecule has 1 aromatic carbocycles. The van der Waals surface area contributed by atoms with Crippen molar-refractivity contribution in [2.24, 2.45) is 4.99 Å². The molecule has 0 aliphatic carbocycles. The number of anilines is 2. The Hall–Kier alpha value is -4.12. The zero-order valence-electron chi connectivity index (χ0n) is 19.3. The molecule has 1 aliphatic heterocycles. The Balaban J connectivity index is 1.32. The number of aliphatic imine (C=N–C) groups is 1. The molecule has 0 fully saturated rings.